The highest BCUT2D eigenvalue weighted by Gasteiger charge is 2.39. The van der Waals surface area contributed by atoms with Crippen LogP contribution < -0.4 is 0 Å². The molecule has 0 aliphatic heterocycles. The molecule has 0 radical (unpaired) electrons. The average Bonchev–Trinajstić information content (AvgIpc) is 3.78. The van der Waals surface area contributed by atoms with Crippen molar-refractivity contribution in [2.24, 2.45) is 0 Å². The number of hydrogen-bond acceptors (Lipinski definition) is 0. The van der Waals surface area contributed by atoms with Crippen LogP contribution in [0, 0.1) is 0 Å². The second-order valence-corrected chi connectivity index (χ2v) is 10.0. The van der Waals surface area contributed by atoms with Gasteiger partial charge in [-0.05, 0) is 78.0 Å². The third kappa shape index (κ3) is 2.98. The summed E-state index contributed by atoms with van der Waals surface area (Å²) in [6, 6.07) is 17.9. The zero-order valence-corrected chi connectivity index (χ0v) is 20.9. The number of rotatable bonds is 0. The van der Waals surface area contributed by atoms with Crippen molar-refractivity contribution < 1.29 is 0 Å². The largest absolute Gasteiger partial charge is 0.0616 e. The minimum atomic E-state index is 1.26. The molecule has 0 unspecified atom stereocenters. The fraction of sp³-hybridized carbons (Fsp3) is 0. The van der Waals surface area contributed by atoms with Gasteiger partial charge in [-0.25, -0.2) is 0 Å². The van der Waals surface area contributed by atoms with Crippen LogP contribution in [0.4, 0.5) is 0 Å². The molecule has 0 fully saturated rings. The first-order valence-electron chi connectivity index (χ1n) is 13.2. The Morgan fingerprint density at radius 3 is 0.658 bits per heavy atom. The highest BCUT2D eigenvalue weighted by atomic mass is 14.4. The fourth-order valence-electron chi connectivity index (χ4n) is 6.49. The first-order chi connectivity index (χ1) is 18.9. The average molecular weight is 481 g/mol. The molecule has 176 valence electrons. The van der Waals surface area contributed by atoms with Crippen LogP contribution >= 0.6 is 0 Å². The fourth-order valence-corrected chi connectivity index (χ4v) is 6.49. The van der Waals surface area contributed by atoms with E-state index in [-0.39, 0.29) is 0 Å². The lowest BCUT2D eigenvalue weighted by molar-refractivity contribution is 1.59. The summed E-state index contributed by atoms with van der Waals surface area (Å²) in [6.07, 6.45) is 35.3. The Kier molecular flexibility index (Phi) is 4.62. The van der Waals surface area contributed by atoms with Gasteiger partial charge >= 0.3 is 0 Å². The summed E-state index contributed by atoms with van der Waals surface area (Å²) >= 11 is 0. The minimum absolute atomic E-state index is 1.26. The van der Waals surface area contributed by atoms with Gasteiger partial charge in [0, 0.05) is 0 Å². The van der Waals surface area contributed by atoms with Crippen molar-refractivity contribution >= 4 is 22.3 Å². The van der Waals surface area contributed by atoms with Gasteiger partial charge in [0.15, 0.2) is 0 Å². The molecular weight excluding hydrogens is 456 g/mol. The number of allylic oxidation sites excluding steroid dienone is 26. The van der Waals surface area contributed by atoms with Crippen molar-refractivity contribution in [1.82, 2.24) is 0 Å². The first-order valence-corrected chi connectivity index (χ1v) is 13.2. The van der Waals surface area contributed by atoms with E-state index < -0.39 is 0 Å². The molecule has 0 N–H and O–H groups in total. The zero-order chi connectivity index (χ0) is 25.1. The standard InChI is InChI=1S/C38H24/c1-2-14-25(13-1)33-29-21-9-10-22-30(29)34(26-15-3-4-16-26)37(33)38-35(27-17-5-6-18-27)31-23-11-12-24-32(31)36(38)28-19-7-8-20-28/h1-24H. The molecule has 0 atom stereocenters. The second-order valence-electron chi connectivity index (χ2n) is 10.0. The third-order valence-electron chi connectivity index (χ3n) is 7.99. The monoisotopic (exact) mass is 480 g/mol. The molecule has 0 nitrogen and oxygen atoms in total. The normalized spacial score (nSPS) is 19.8. The van der Waals surface area contributed by atoms with Crippen molar-refractivity contribution in [1.29, 1.82) is 0 Å². The Bertz CT molecular complexity index is 1540. The first kappa shape index (κ1) is 21.2. The maximum absolute atomic E-state index is 2.29. The lowest BCUT2D eigenvalue weighted by Crippen LogP contribution is -1.97. The van der Waals surface area contributed by atoms with Crippen LogP contribution in [0.25, 0.3) is 22.3 Å². The van der Waals surface area contributed by atoms with E-state index in [0.29, 0.717) is 0 Å². The smallest absolute Gasteiger partial charge is 0.000139 e. The number of benzene rings is 2. The molecule has 8 rings (SSSR count). The quantitative estimate of drug-likeness (QED) is 0.352. The maximum Gasteiger partial charge on any atom is -0.000139 e. The highest BCUT2D eigenvalue weighted by Crippen LogP contribution is 2.59. The Morgan fingerprint density at radius 2 is 0.447 bits per heavy atom. The molecule has 2 aromatic rings. The van der Waals surface area contributed by atoms with Gasteiger partial charge in [-0.3, -0.25) is 0 Å². The molecule has 0 aromatic heterocycles. The molecule has 0 saturated carbocycles. The molecule has 6 aliphatic rings. The van der Waals surface area contributed by atoms with E-state index in [0.717, 1.165) is 0 Å². The molecular formula is C38H24. The van der Waals surface area contributed by atoms with Crippen LogP contribution in [-0.4, -0.2) is 0 Å². The summed E-state index contributed by atoms with van der Waals surface area (Å²) in [5, 5.41) is 0. The van der Waals surface area contributed by atoms with Crippen LogP contribution in [0.2, 0.25) is 0 Å². The van der Waals surface area contributed by atoms with E-state index in [4.69, 9.17) is 0 Å². The third-order valence-corrected chi connectivity index (χ3v) is 7.99. The number of hydrogen-bond donors (Lipinski definition) is 0. The topological polar surface area (TPSA) is 0 Å². The molecule has 6 aliphatic carbocycles. The molecule has 0 bridgehead atoms. The molecule has 0 heteroatoms. The number of fused-ring (bicyclic) bond motifs is 2. The van der Waals surface area contributed by atoms with Crippen molar-refractivity contribution in [3.05, 3.63) is 201 Å². The predicted molar refractivity (Wildman–Crippen MR) is 161 cm³/mol. The Morgan fingerprint density at radius 1 is 0.237 bits per heavy atom. The molecule has 2 aromatic carbocycles. The van der Waals surface area contributed by atoms with E-state index >= 15 is 0 Å². The van der Waals surface area contributed by atoms with Crippen LogP contribution in [0.5, 0.6) is 0 Å². The Hall–Kier alpha value is -4.94. The van der Waals surface area contributed by atoms with Gasteiger partial charge in [-0.15, -0.1) is 0 Å². The molecule has 0 heterocycles. The van der Waals surface area contributed by atoms with E-state index in [1.807, 2.05) is 0 Å². The summed E-state index contributed by atoms with van der Waals surface area (Å²) in [5.74, 6) is 0. The van der Waals surface area contributed by atoms with Crippen LogP contribution in [0.3, 0.4) is 0 Å². The van der Waals surface area contributed by atoms with E-state index in [9.17, 15) is 0 Å². The van der Waals surface area contributed by atoms with Gasteiger partial charge in [-0.2, -0.15) is 0 Å². The van der Waals surface area contributed by atoms with Crippen LogP contribution in [-0.2, 0) is 0 Å². The molecule has 0 spiro atoms. The van der Waals surface area contributed by atoms with Gasteiger partial charge in [0.05, 0.1) is 0 Å². The molecule has 0 saturated heterocycles. The van der Waals surface area contributed by atoms with Crippen molar-refractivity contribution in [3.63, 3.8) is 0 Å². The summed E-state index contributed by atoms with van der Waals surface area (Å²) in [5.41, 5.74) is 18.2. The van der Waals surface area contributed by atoms with Gasteiger partial charge < -0.3 is 0 Å². The maximum atomic E-state index is 2.29. The van der Waals surface area contributed by atoms with Crippen molar-refractivity contribution in [2.45, 2.75) is 0 Å². The highest BCUT2D eigenvalue weighted by molar-refractivity contribution is 6.22. The van der Waals surface area contributed by atoms with Crippen LogP contribution in [0.15, 0.2) is 179 Å². The van der Waals surface area contributed by atoms with Crippen molar-refractivity contribution in [2.75, 3.05) is 0 Å². The summed E-state index contributed by atoms with van der Waals surface area (Å²) in [7, 11) is 0. The Balaban J connectivity index is 1.62. The van der Waals surface area contributed by atoms with Gasteiger partial charge in [0.1, 0.15) is 0 Å². The van der Waals surface area contributed by atoms with Crippen LogP contribution in [0.1, 0.15) is 22.3 Å². The van der Waals surface area contributed by atoms with Gasteiger partial charge in [-0.1, -0.05) is 146 Å². The SMILES string of the molecule is C1=CC(=C2C(=C3C(=C4C=CC=C4)c4ccccc4C3=C3C=CC=C3)C(=C3C=CC=C3)c3ccccc32)C=C1. The second kappa shape index (κ2) is 8.30. The summed E-state index contributed by atoms with van der Waals surface area (Å²) < 4.78 is 0. The predicted octanol–water partition coefficient (Wildman–Crippen LogP) is 9.23. The van der Waals surface area contributed by atoms with Gasteiger partial charge in [0.25, 0.3) is 0 Å². The van der Waals surface area contributed by atoms with E-state index in [1.165, 1.54) is 78.0 Å². The lowest BCUT2D eigenvalue weighted by Gasteiger charge is -2.18. The minimum Gasteiger partial charge on any atom is -0.0616 e. The molecule has 0 amide bonds. The zero-order valence-electron chi connectivity index (χ0n) is 20.9. The summed E-state index contributed by atoms with van der Waals surface area (Å²) in [6.45, 7) is 0. The van der Waals surface area contributed by atoms with Gasteiger partial charge in [0.2, 0.25) is 0 Å². The lowest BCUT2D eigenvalue weighted by atomic mass is 9.84. The van der Waals surface area contributed by atoms with E-state index in [1.54, 1.807) is 0 Å². The summed E-state index contributed by atoms with van der Waals surface area (Å²) in [4.78, 5) is 0. The Labute approximate surface area is 223 Å². The molecule has 38 heavy (non-hydrogen) atoms. The van der Waals surface area contributed by atoms with Crippen molar-refractivity contribution in [3.8, 4) is 0 Å². The van der Waals surface area contributed by atoms with E-state index in [2.05, 4.69) is 146 Å².